The number of pyridine rings is 1. The lowest BCUT2D eigenvalue weighted by Crippen LogP contribution is -2.34. The van der Waals surface area contributed by atoms with E-state index >= 15 is 0 Å². The molecule has 3 nitrogen and oxygen atoms in total. The molecule has 3 aromatic rings. The Kier molecular flexibility index (Phi) is 6.02. The number of carbonyl (C=O) groups excluding carboxylic acids is 1. The standard InChI is InChI=1S/C24H26N2O/c1-4-15-26(16-14-20-10-6-5-7-11-20)24(27)17-22-18(2)21-12-8-9-13-23(21)25-19(22)3/h4-13H,1,14-17H2,2-3H3. The number of rotatable bonds is 7. The average Bonchev–Trinajstić information content (AvgIpc) is 2.69. The van der Waals surface area contributed by atoms with Gasteiger partial charge in [-0.15, -0.1) is 6.58 Å². The number of hydrogen-bond acceptors (Lipinski definition) is 2. The van der Waals surface area contributed by atoms with Crippen LogP contribution in [0.2, 0.25) is 0 Å². The molecule has 0 N–H and O–H groups in total. The number of amides is 1. The van der Waals surface area contributed by atoms with Gasteiger partial charge in [-0.25, -0.2) is 0 Å². The van der Waals surface area contributed by atoms with Crippen LogP contribution in [0.1, 0.15) is 22.4 Å². The van der Waals surface area contributed by atoms with Crippen molar-refractivity contribution in [1.82, 2.24) is 9.88 Å². The molecule has 0 fully saturated rings. The largest absolute Gasteiger partial charge is 0.338 e. The predicted octanol–water partition coefficient (Wildman–Crippen LogP) is 4.65. The van der Waals surface area contributed by atoms with Crippen molar-refractivity contribution in [3.8, 4) is 0 Å². The SMILES string of the molecule is C=CCN(CCc1ccccc1)C(=O)Cc1c(C)nc2ccccc2c1C. The first-order valence-electron chi connectivity index (χ1n) is 9.37. The lowest BCUT2D eigenvalue weighted by atomic mass is 9.99. The van der Waals surface area contributed by atoms with Gasteiger partial charge in [0.25, 0.3) is 0 Å². The van der Waals surface area contributed by atoms with Gasteiger partial charge in [-0.1, -0.05) is 54.6 Å². The van der Waals surface area contributed by atoms with E-state index in [-0.39, 0.29) is 5.91 Å². The zero-order valence-electron chi connectivity index (χ0n) is 16.1. The van der Waals surface area contributed by atoms with Gasteiger partial charge in [-0.05, 0) is 43.0 Å². The number of benzene rings is 2. The molecule has 0 saturated heterocycles. The predicted molar refractivity (Wildman–Crippen MR) is 112 cm³/mol. The number of fused-ring (bicyclic) bond motifs is 1. The van der Waals surface area contributed by atoms with Gasteiger partial charge >= 0.3 is 0 Å². The first-order chi connectivity index (χ1) is 13.1. The van der Waals surface area contributed by atoms with E-state index < -0.39 is 0 Å². The van der Waals surface area contributed by atoms with Crippen LogP contribution in [0.4, 0.5) is 0 Å². The number of carbonyl (C=O) groups is 1. The van der Waals surface area contributed by atoms with E-state index in [4.69, 9.17) is 4.98 Å². The molecule has 3 rings (SSSR count). The molecule has 0 aliphatic heterocycles. The monoisotopic (exact) mass is 358 g/mol. The third-order valence-corrected chi connectivity index (χ3v) is 5.03. The first kappa shape index (κ1) is 18.8. The maximum Gasteiger partial charge on any atom is 0.227 e. The molecule has 0 saturated carbocycles. The van der Waals surface area contributed by atoms with Crippen LogP contribution < -0.4 is 0 Å². The average molecular weight is 358 g/mol. The fourth-order valence-electron chi connectivity index (χ4n) is 3.48. The van der Waals surface area contributed by atoms with Crippen molar-refractivity contribution < 1.29 is 4.79 Å². The quantitative estimate of drug-likeness (QED) is 0.576. The Morgan fingerprint density at radius 3 is 2.52 bits per heavy atom. The number of nitrogens with zero attached hydrogens (tertiary/aromatic N) is 2. The molecular weight excluding hydrogens is 332 g/mol. The summed E-state index contributed by atoms with van der Waals surface area (Å²) in [6.07, 6.45) is 3.01. The lowest BCUT2D eigenvalue weighted by molar-refractivity contribution is -0.129. The minimum Gasteiger partial charge on any atom is -0.338 e. The van der Waals surface area contributed by atoms with E-state index in [0.717, 1.165) is 34.1 Å². The molecular formula is C24H26N2O. The molecule has 2 aromatic carbocycles. The summed E-state index contributed by atoms with van der Waals surface area (Å²) in [6.45, 7) is 9.14. The van der Waals surface area contributed by atoms with Crippen molar-refractivity contribution in [2.45, 2.75) is 26.7 Å². The van der Waals surface area contributed by atoms with Crippen molar-refractivity contribution in [1.29, 1.82) is 0 Å². The normalized spacial score (nSPS) is 10.7. The molecule has 1 aromatic heterocycles. The number of aryl methyl sites for hydroxylation is 2. The van der Waals surface area contributed by atoms with Gasteiger partial charge in [0.05, 0.1) is 11.9 Å². The van der Waals surface area contributed by atoms with Crippen LogP contribution >= 0.6 is 0 Å². The summed E-state index contributed by atoms with van der Waals surface area (Å²) in [5.74, 6) is 0.120. The van der Waals surface area contributed by atoms with Crippen LogP contribution in [0, 0.1) is 13.8 Å². The molecule has 0 radical (unpaired) electrons. The molecule has 0 aliphatic rings. The maximum atomic E-state index is 13.0. The molecule has 138 valence electrons. The summed E-state index contributed by atoms with van der Waals surface area (Å²) in [7, 11) is 0. The Morgan fingerprint density at radius 1 is 1.07 bits per heavy atom. The fraction of sp³-hybridized carbons (Fsp3) is 0.250. The van der Waals surface area contributed by atoms with Crippen LogP contribution in [0.25, 0.3) is 10.9 Å². The van der Waals surface area contributed by atoms with Gasteiger partial charge in [-0.2, -0.15) is 0 Å². The third-order valence-electron chi connectivity index (χ3n) is 5.03. The molecule has 0 atom stereocenters. The van der Waals surface area contributed by atoms with Crippen molar-refractivity contribution in [3.05, 3.63) is 89.6 Å². The highest BCUT2D eigenvalue weighted by Gasteiger charge is 2.17. The summed E-state index contributed by atoms with van der Waals surface area (Å²) in [5.41, 5.74) is 5.33. The summed E-state index contributed by atoms with van der Waals surface area (Å²) in [4.78, 5) is 19.6. The summed E-state index contributed by atoms with van der Waals surface area (Å²) in [6, 6.07) is 18.4. The Labute approximate surface area is 161 Å². The van der Waals surface area contributed by atoms with Crippen molar-refractivity contribution >= 4 is 16.8 Å². The van der Waals surface area contributed by atoms with Gasteiger partial charge < -0.3 is 4.90 Å². The van der Waals surface area contributed by atoms with Crippen LogP contribution in [-0.4, -0.2) is 28.9 Å². The van der Waals surface area contributed by atoms with Crippen molar-refractivity contribution in [2.75, 3.05) is 13.1 Å². The topological polar surface area (TPSA) is 33.2 Å². The van der Waals surface area contributed by atoms with Crippen LogP contribution in [-0.2, 0) is 17.6 Å². The summed E-state index contributed by atoms with van der Waals surface area (Å²) < 4.78 is 0. The second-order valence-electron chi connectivity index (χ2n) is 6.86. The lowest BCUT2D eigenvalue weighted by Gasteiger charge is -2.22. The van der Waals surface area contributed by atoms with E-state index in [1.807, 2.05) is 48.2 Å². The van der Waals surface area contributed by atoms with Gasteiger partial charge in [-0.3, -0.25) is 9.78 Å². The van der Waals surface area contributed by atoms with Gasteiger partial charge in [0, 0.05) is 24.2 Å². The zero-order valence-corrected chi connectivity index (χ0v) is 16.1. The second kappa shape index (κ2) is 8.63. The summed E-state index contributed by atoms with van der Waals surface area (Å²) >= 11 is 0. The highest BCUT2D eigenvalue weighted by molar-refractivity contribution is 5.86. The summed E-state index contributed by atoms with van der Waals surface area (Å²) in [5, 5.41) is 1.12. The number of hydrogen-bond donors (Lipinski definition) is 0. The molecule has 3 heteroatoms. The Morgan fingerprint density at radius 2 is 1.78 bits per heavy atom. The second-order valence-corrected chi connectivity index (χ2v) is 6.86. The molecule has 0 spiro atoms. The Balaban J connectivity index is 1.79. The van der Waals surface area contributed by atoms with E-state index in [0.29, 0.717) is 19.5 Å². The third kappa shape index (κ3) is 4.43. The molecule has 27 heavy (non-hydrogen) atoms. The first-order valence-corrected chi connectivity index (χ1v) is 9.37. The van der Waals surface area contributed by atoms with Gasteiger partial charge in [0.2, 0.25) is 5.91 Å². The van der Waals surface area contributed by atoms with Crippen LogP contribution in [0.5, 0.6) is 0 Å². The fourth-order valence-corrected chi connectivity index (χ4v) is 3.48. The molecule has 0 aliphatic carbocycles. The zero-order chi connectivity index (χ0) is 19.2. The smallest absolute Gasteiger partial charge is 0.227 e. The maximum absolute atomic E-state index is 13.0. The minimum absolute atomic E-state index is 0.120. The molecule has 0 unspecified atom stereocenters. The van der Waals surface area contributed by atoms with E-state index in [2.05, 4.69) is 31.7 Å². The van der Waals surface area contributed by atoms with Crippen LogP contribution in [0.15, 0.2) is 67.3 Å². The Bertz CT molecular complexity index is 947. The highest BCUT2D eigenvalue weighted by Crippen LogP contribution is 2.23. The molecule has 1 heterocycles. The van der Waals surface area contributed by atoms with Crippen LogP contribution in [0.3, 0.4) is 0 Å². The molecule has 0 bridgehead atoms. The Hall–Kier alpha value is -2.94. The number of para-hydroxylation sites is 1. The van der Waals surface area contributed by atoms with Crippen molar-refractivity contribution in [2.24, 2.45) is 0 Å². The van der Waals surface area contributed by atoms with Crippen molar-refractivity contribution in [3.63, 3.8) is 0 Å². The van der Waals surface area contributed by atoms with E-state index in [1.165, 1.54) is 5.56 Å². The van der Waals surface area contributed by atoms with Gasteiger partial charge in [0.1, 0.15) is 0 Å². The number of aromatic nitrogens is 1. The van der Waals surface area contributed by atoms with Gasteiger partial charge in [0.15, 0.2) is 0 Å². The molecule has 1 amide bonds. The highest BCUT2D eigenvalue weighted by atomic mass is 16.2. The minimum atomic E-state index is 0.120. The van der Waals surface area contributed by atoms with E-state index in [1.54, 1.807) is 6.08 Å². The van der Waals surface area contributed by atoms with E-state index in [9.17, 15) is 4.79 Å².